The van der Waals surface area contributed by atoms with Crippen LogP contribution in [0, 0.1) is 5.92 Å². The molecule has 0 aliphatic heterocycles. The van der Waals surface area contributed by atoms with Crippen molar-refractivity contribution in [1.29, 1.82) is 0 Å². The van der Waals surface area contributed by atoms with E-state index in [2.05, 4.69) is 34.6 Å². The molecule has 0 aromatic carbocycles. The molecular formula is C76H148O17P2. The number of carbonyl (C=O) groups excluding carboxylic acids is 4. The Hall–Kier alpha value is -1.94. The monoisotopic (exact) mass is 1400 g/mol. The van der Waals surface area contributed by atoms with Gasteiger partial charge in [-0.1, -0.05) is 349 Å². The van der Waals surface area contributed by atoms with Crippen LogP contribution in [0.5, 0.6) is 0 Å². The zero-order chi connectivity index (χ0) is 69.8. The predicted octanol–water partition coefficient (Wildman–Crippen LogP) is 22.5. The fraction of sp³-hybridized carbons (Fsp3) is 0.947. The van der Waals surface area contributed by atoms with Gasteiger partial charge >= 0.3 is 39.5 Å². The summed E-state index contributed by atoms with van der Waals surface area (Å²) >= 11 is 0. The van der Waals surface area contributed by atoms with E-state index in [1.165, 1.54) is 212 Å². The Bertz CT molecular complexity index is 1820. The minimum Gasteiger partial charge on any atom is -0.462 e. The lowest BCUT2D eigenvalue weighted by molar-refractivity contribution is -0.161. The summed E-state index contributed by atoms with van der Waals surface area (Å²) in [5, 5.41) is 10.6. The molecule has 0 radical (unpaired) electrons. The van der Waals surface area contributed by atoms with E-state index in [0.717, 1.165) is 109 Å². The Morgan fingerprint density at radius 1 is 0.284 bits per heavy atom. The fourth-order valence-corrected chi connectivity index (χ4v) is 13.3. The smallest absolute Gasteiger partial charge is 0.462 e. The molecule has 0 aliphatic carbocycles. The lowest BCUT2D eigenvalue weighted by Crippen LogP contribution is -2.30. The Morgan fingerprint density at radius 3 is 0.716 bits per heavy atom. The van der Waals surface area contributed by atoms with Crippen molar-refractivity contribution in [2.75, 3.05) is 39.6 Å². The highest BCUT2D eigenvalue weighted by molar-refractivity contribution is 7.47. The first kappa shape index (κ1) is 93.1. The van der Waals surface area contributed by atoms with E-state index in [-0.39, 0.29) is 25.7 Å². The van der Waals surface area contributed by atoms with Gasteiger partial charge in [-0.3, -0.25) is 37.3 Å². The van der Waals surface area contributed by atoms with Crippen molar-refractivity contribution in [2.24, 2.45) is 5.92 Å². The van der Waals surface area contributed by atoms with Crippen LogP contribution in [0.2, 0.25) is 0 Å². The van der Waals surface area contributed by atoms with Crippen LogP contribution < -0.4 is 0 Å². The molecule has 0 spiro atoms. The maximum absolute atomic E-state index is 13.1. The SMILES string of the molecule is CCCCCCCCCCCCCCCCC(=O)OC[C@H](COP(=O)(O)OC[C@@H](O)COP(=O)(O)OC[C@@H](COC(=O)CCCCCCCCC)OC(=O)CCCCCCCCCCCCCCC)OC(=O)CCCCCCCCCCCCCCCCCCCCC(C)C. The highest BCUT2D eigenvalue weighted by Gasteiger charge is 2.30. The van der Waals surface area contributed by atoms with Crippen molar-refractivity contribution >= 4 is 39.5 Å². The topological polar surface area (TPSA) is 237 Å². The molecule has 95 heavy (non-hydrogen) atoms. The lowest BCUT2D eigenvalue weighted by Gasteiger charge is -2.21. The van der Waals surface area contributed by atoms with Gasteiger partial charge in [0.05, 0.1) is 26.4 Å². The summed E-state index contributed by atoms with van der Waals surface area (Å²) in [5.41, 5.74) is 0. The average Bonchev–Trinajstić information content (AvgIpc) is 1.44. The maximum atomic E-state index is 13.1. The van der Waals surface area contributed by atoms with Crippen molar-refractivity contribution in [1.82, 2.24) is 0 Å². The predicted molar refractivity (Wildman–Crippen MR) is 386 cm³/mol. The molecule has 5 atom stereocenters. The number of aliphatic hydroxyl groups excluding tert-OH is 1. The summed E-state index contributed by atoms with van der Waals surface area (Å²) in [6.07, 6.45) is 58.4. The number of esters is 4. The maximum Gasteiger partial charge on any atom is 0.472 e. The number of carbonyl (C=O) groups is 4. The normalized spacial score (nSPS) is 13.9. The third-order valence-corrected chi connectivity index (χ3v) is 19.7. The van der Waals surface area contributed by atoms with Crippen LogP contribution in [0.15, 0.2) is 0 Å². The van der Waals surface area contributed by atoms with Crippen LogP contribution in [0.1, 0.15) is 401 Å². The number of hydrogen-bond donors (Lipinski definition) is 3. The molecule has 0 heterocycles. The van der Waals surface area contributed by atoms with Crippen LogP contribution in [-0.4, -0.2) is 96.7 Å². The molecule has 0 rings (SSSR count). The van der Waals surface area contributed by atoms with Gasteiger partial charge < -0.3 is 33.8 Å². The molecule has 0 fully saturated rings. The number of phosphoric acid groups is 2. The van der Waals surface area contributed by atoms with Crippen LogP contribution in [0.3, 0.4) is 0 Å². The standard InChI is InChI=1S/C76H148O17P2/c1-6-9-12-15-18-20-22-24-33-36-40-45-50-55-60-74(79)87-66-72(93-76(81)62-57-52-47-42-38-34-30-28-26-25-27-29-32-35-39-44-48-53-58-69(4)5)68-91-95(84,85)89-64-70(77)63-88-94(82,83)90-67-71(65-86-73(78)59-54-49-43-17-14-11-8-3)92-75(80)61-56-51-46-41-37-31-23-21-19-16-13-10-7-2/h69-72,77H,6-68H2,1-5H3,(H,82,83)(H,84,85)/t70-,71+,72+/m0/s1. The largest absolute Gasteiger partial charge is 0.472 e. The van der Waals surface area contributed by atoms with Crippen molar-refractivity contribution in [3.05, 3.63) is 0 Å². The van der Waals surface area contributed by atoms with Crippen LogP contribution in [0.25, 0.3) is 0 Å². The van der Waals surface area contributed by atoms with Gasteiger partial charge in [0, 0.05) is 25.7 Å². The first-order valence-electron chi connectivity index (χ1n) is 39.6. The lowest BCUT2D eigenvalue weighted by atomic mass is 10.0. The molecule has 19 heteroatoms. The van der Waals surface area contributed by atoms with Gasteiger partial charge in [0.1, 0.15) is 19.3 Å². The average molecular weight is 1400 g/mol. The molecule has 0 aromatic heterocycles. The van der Waals surface area contributed by atoms with E-state index in [1.807, 2.05) is 0 Å². The summed E-state index contributed by atoms with van der Waals surface area (Å²) in [6, 6.07) is 0. The first-order valence-corrected chi connectivity index (χ1v) is 42.6. The zero-order valence-corrected chi connectivity index (χ0v) is 63.6. The second-order valence-corrected chi connectivity index (χ2v) is 30.8. The van der Waals surface area contributed by atoms with Crippen LogP contribution in [0.4, 0.5) is 0 Å². The molecule has 0 aromatic rings. The number of hydrogen-bond acceptors (Lipinski definition) is 15. The van der Waals surface area contributed by atoms with Gasteiger partial charge in [-0.2, -0.15) is 0 Å². The number of unbranched alkanes of at least 4 members (excludes halogenated alkanes) is 48. The fourth-order valence-electron chi connectivity index (χ4n) is 11.7. The highest BCUT2D eigenvalue weighted by atomic mass is 31.2. The number of ether oxygens (including phenoxy) is 4. The van der Waals surface area contributed by atoms with E-state index < -0.39 is 97.5 Å². The van der Waals surface area contributed by atoms with Gasteiger partial charge in [0.15, 0.2) is 12.2 Å². The summed E-state index contributed by atoms with van der Waals surface area (Å²) < 4.78 is 68.4. The molecule has 0 bridgehead atoms. The third-order valence-electron chi connectivity index (χ3n) is 17.8. The third kappa shape index (κ3) is 70.3. The second-order valence-electron chi connectivity index (χ2n) is 27.9. The van der Waals surface area contributed by atoms with E-state index >= 15 is 0 Å². The summed E-state index contributed by atoms with van der Waals surface area (Å²) in [4.78, 5) is 72.6. The summed E-state index contributed by atoms with van der Waals surface area (Å²) in [6.45, 7) is 7.29. The van der Waals surface area contributed by atoms with Crippen molar-refractivity contribution < 1.29 is 80.2 Å². The molecule has 0 saturated carbocycles. The van der Waals surface area contributed by atoms with E-state index in [0.29, 0.717) is 25.7 Å². The van der Waals surface area contributed by atoms with Gasteiger partial charge in [-0.25, -0.2) is 9.13 Å². The molecule has 2 unspecified atom stereocenters. The molecule has 0 aliphatic rings. The Labute approximate surface area is 581 Å². The Kier molecular flexibility index (Phi) is 67.7. The summed E-state index contributed by atoms with van der Waals surface area (Å²) in [7, 11) is -9.90. The van der Waals surface area contributed by atoms with E-state index in [9.17, 15) is 43.2 Å². The van der Waals surface area contributed by atoms with Gasteiger partial charge in [0.25, 0.3) is 0 Å². The minimum absolute atomic E-state index is 0.108. The van der Waals surface area contributed by atoms with Crippen LogP contribution >= 0.6 is 15.6 Å². The second kappa shape index (κ2) is 69.2. The zero-order valence-electron chi connectivity index (χ0n) is 61.8. The number of phosphoric ester groups is 2. The first-order chi connectivity index (χ1) is 46.0. The van der Waals surface area contributed by atoms with Crippen LogP contribution in [-0.2, 0) is 65.4 Å². The molecule has 3 N–H and O–H groups in total. The quantitative estimate of drug-likeness (QED) is 0.0222. The molecular weight excluding hydrogens is 1250 g/mol. The van der Waals surface area contributed by atoms with Crippen molar-refractivity contribution in [3.8, 4) is 0 Å². The Morgan fingerprint density at radius 2 is 0.484 bits per heavy atom. The molecule has 564 valence electrons. The Balaban J connectivity index is 5.16. The molecule has 0 amide bonds. The molecule has 0 saturated heterocycles. The van der Waals surface area contributed by atoms with Crippen molar-refractivity contribution in [2.45, 2.75) is 419 Å². The highest BCUT2D eigenvalue weighted by Crippen LogP contribution is 2.45. The van der Waals surface area contributed by atoms with E-state index in [4.69, 9.17) is 37.0 Å². The van der Waals surface area contributed by atoms with Gasteiger partial charge in [0.2, 0.25) is 0 Å². The molecule has 17 nitrogen and oxygen atoms in total. The summed E-state index contributed by atoms with van der Waals surface area (Å²) in [5.74, 6) is -1.30. The van der Waals surface area contributed by atoms with E-state index in [1.54, 1.807) is 0 Å². The van der Waals surface area contributed by atoms with Gasteiger partial charge in [-0.15, -0.1) is 0 Å². The van der Waals surface area contributed by atoms with Gasteiger partial charge in [-0.05, 0) is 31.6 Å². The minimum atomic E-state index is -4.96. The number of rotatable bonds is 76. The van der Waals surface area contributed by atoms with Crippen molar-refractivity contribution in [3.63, 3.8) is 0 Å². The number of aliphatic hydroxyl groups is 1.